The van der Waals surface area contributed by atoms with Gasteiger partial charge in [-0.2, -0.15) is 0 Å². The summed E-state index contributed by atoms with van der Waals surface area (Å²) >= 11 is 0. The Balaban J connectivity index is 4.06. The van der Waals surface area contributed by atoms with Crippen molar-refractivity contribution in [2.24, 2.45) is 0 Å². The molecule has 0 heterocycles. The minimum atomic E-state index is -4.40. The lowest BCUT2D eigenvalue weighted by Crippen LogP contribution is -2.37. The zero-order chi connectivity index (χ0) is 62.6. The maximum Gasteiger partial charge on any atom is 0.472 e. The SMILES string of the molecule is CC/C=C\C/C=C\C/C=C\C/C=C\C/C=C\C/C=C\C/C=C\C/C=C\CCCCCCCCCCCCCCC(=O)OC(COC(=O)CCCCCCCCCCCCCCC/C=C\CCCCCCCCCC)COP(=O)(O)OCC[N+](C)(C)C. The highest BCUT2D eigenvalue weighted by Gasteiger charge is 2.27. The maximum absolute atomic E-state index is 12.9. The number of carbonyl (C=O) groups is 2. The monoisotopic (exact) mass is 1220 g/mol. The molecule has 0 amide bonds. The van der Waals surface area contributed by atoms with Crippen LogP contribution in [0.25, 0.3) is 0 Å². The largest absolute Gasteiger partial charge is 0.472 e. The molecule has 0 spiro atoms. The summed E-state index contributed by atoms with van der Waals surface area (Å²) in [5, 5.41) is 0. The van der Waals surface area contributed by atoms with Crippen LogP contribution in [-0.4, -0.2) is 74.9 Å². The number of allylic oxidation sites excluding steroid dienone is 18. The predicted molar refractivity (Wildman–Crippen MR) is 371 cm³/mol. The fourth-order valence-corrected chi connectivity index (χ4v) is 10.6. The second-order valence-electron chi connectivity index (χ2n) is 24.9. The molecular formula is C76H135NO8P+. The number of nitrogens with zero attached hydrogens (tertiary/aromatic N) is 1. The molecular weight excluding hydrogens is 1090 g/mol. The summed E-state index contributed by atoms with van der Waals surface area (Å²) in [6.45, 7) is 4.35. The van der Waals surface area contributed by atoms with Crippen LogP contribution in [0.1, 0.15) is 309 Å². The van der Waals surface area contributed by atoms with Crippen LogP contribution in [0.2, 0.25) is 0 Å². The first kappa shape index (κ1) is 82.7. The number of unbranched alkanes of at least 4 members (excludes halogenated alkanes) is 33. The number of esters is 2. The molecule has 9 nitrogen and oxygen atoms in total. The van der Waals surface area contributed by atoms with E-state index < -0.39 is 26.5 Å². The standard InChI is InChI=1S/C76H134NO8P/c1-6-8-10-12-14-16-18-20-22-24-26-28-30-32-33-34-35-36-37-38-39-40-41-42-43-45-47-49-51-53-55-57-59-61-63-65-67-69-76(79)85-74(73-84-86(80,81)83-71-70-77(3,4)5)72-82-75(78)68-66-64-62-60-58-56-54-52-50-48-46-44-31-29-27-25-23-21-19-17-15-13-11-9-7-2/h8,10,14,16,20,22,25-28,32-33,35-36,38-39,41-42,74H,6-7,9,11-13,15,17-19,21,23-24,29-31,34,37,40,43-73H2,1-5H3/p+1/b10-8-,16-14-,22-20-,27-25-,28-26-,33-32-,36-35-,39-38-,42-41-. The molecule has 0 aromatic rings. The lowest BCUT2D eigenvalue weighted by molar-refractivity contribution is -0.870. The van der Waals surface area contributed by atoms with Crippen molar-refractivity contribution in [1.29, 1.82) is 0 Å². The van der Waals surface area contributed by atoms with E-state index in [1.165, 1.54) is 186 Å². The van der Waals surface area contributed by atoms with E-state index in [2.05, 4.69) is 123 Å². The normalized spacial score (nSPS) is 13.8. The highest BCUT2D eigenvalue weighted by Crippen LogP contribution is 2.43. The van der Waals surface area contributed by atoms with Crippen LogP contribution < -0.4 is 0 Å². The third-order valence-corrected chi connectivity index (χ3v) is 16.3. The van der Waals surface area contributed by atoms with Crippen LogP contribution in [0, 0.1) is 0 Å². The number of ether oxygens (including phenoxy) is 2. The van der Waals surface area contributed by atoms with E-state index in [0.717, 1.165) is 89.9 Å². The Morgan fingerprint density at radius 1 is 0.372 bits per heavy atom. The minimum absolute atomic E-state index is 0.0284. The zero-order valence-corrected chi connectivity index (χ0v) is 57.4. The smallest absolute Gasteiger partial charge is 0.462 e. The van der Waals surface area contributed by atoms with Crippen LogP contribution in [0.4, 0.5) is 0 Å². The van der Waals surface area contributed by atoms with Gasteiger partial charge in [0.1, 0.15) is 19.8 Å². The van der Waals surface area contributed by atoms with E-state index in [0.29, 0.717) is 17.4 Å². The Hall–Kier alpha value is -3.33. The molecule has 1 N–H and O–H groups in total. The van der Waals surface area contributed by atoms with Gasteiger partial charge in [-0.15, -0.1) is 0 Å². The molecule has 0 aromatic heterocycles. The van der Waals surface area contributed by atoms with Crippen LogP contribution in [-0.2, 0) is 32.7 Å². The summed E-state index contributed by atoms with van der Waals surface area (Å²) in [4.78, 5) is 35.9. The van der Waals surface area contributed by atoms with Crippen molar-refractivity contribution in [2.75, 3.05) is 47.5 Å². The fraction of sp³-hybridized carbons (Fsp3) is 0.737. The van der Waals surface area contributed by atoms with Gasteiger partial charge in [0.15, 0.2) is 6.10 Å². The Bertz CT molecular complexity index is 1820. The molecule has 0 saturated carbocycles. The van der Waals surface area contributed by atoms with Gasteiger partial charge in [-0.05, 0) is 103 Å². The molecule has 0 aromatic carbocycles. The van der Waals surface area contributed by atoms with Gasteiger partial charge < -0.3 is 18.9 Å². The van der Waals surface area contributed by atoms with Crippen molar-refractivity contribution >= 4 is 19.8 Å². The molecule has 86 heavy (non-hydrogen) atoms. The van der Waals surface area contributed by atoms with Crippen LogP contribution in [0.5, 0.6) is 0 Å². The van der Waals surface area contributed by atoms with Gasteiger partial charge in [-0.25, -0.2) is 4.57 Å². The van der Waals surface area contributed by atoms with Crippen molar-refractivity contribution in [2.45, 2.75) is 315 Å². The summed E-state index contributed by atoms with van der Waals surface area (Å²) in [6.07, 6.45) is 93.3. The molecule has 496 valence electrons. The summed E-state index contributed by atoms with van der Waals surface area (Å²) in [5.41, 5.74) is 0. The zero-order valence-electron chi connectivity index (χ0n) is 56.5. The Morgan fingerprint density at radius 2 is 0.663 bits per heavy atom. The molecule has 0 radical (unpaired) electrons. The first-order valence-corrected chi connectivity index (χ1v) is 37.1. The Labute approximate surface area is 531 Å². The van der Waals surface area contributed by atoms with Gasteiger partial charge in [-0.1, -0.05) is 303 Å². The summed E-state index contributed by atoms with van der Waals surface area (Å²) in [5.74, 6) is -0.793. The highest BCUT2D eigenvalue weighted by atomic mass is 31.2. The Kier molecular flexibility index (Phi) is 63.5. The topological polar surface area (TPSA) is 108 Å². The van der Waals surface area contributed by atoms with Crippen LogP contribution in [0.15, 0.2) is 109 Å². The van der Waals surface area contributed by atoms with Gasteiger partial charge in [0.05, 0.1) is 27.7 Å². The van der Waals surface area contributed by atoms with Gasteiger partial charge in [0, 0.05) is 12.8 Å². The molecule has 0 saturated heterocycles. The molecule has 0 aliphatic rings. The maximum atomic E-state index is 12.9. The van der Waals surface area contributed by atoms with E-state index in [1.54, 1.807) is 0 Å². The molecule has 0 fully saturated rings. The van der Waals surface area contributed by atoms with Crippen LogP contribution in [0.3, 0.4) is 0 Å². The fourth-order valence-electron chi connectivity index (χ4n) is 9.85. The number of rotatable bonds is 65. The molecule has 10 heteroatoms. The average molecular weight is 1220 g/mol. The summed E-state index contributed by atoms with van der Waals surface area (Å²) in [7, 11) is 1.48. The number of phosphoric ester groups is 1. The first-order chi connectivity index (χ1) is 42.0. The molecule has 2 unspecified atom stereocenters. The quantitative estimate of drug-likeness (QED) is 0.0211. The molecule has 0 rings (SSSR count). The lowest BCUT2D eigenvalue weighted by atomic mass is 10.0. The third kappa shape index (κ3) is 69.8. The van der Waals surface area contributed by atoms with Crippen molar-refractivity contribution in [3.8, 4) is 0 Å². The van der Waals surface area contributed by atoms with Gasteiger partial charge in [0.2, 0.25) is 0 Å². The number of carbonyl (C=O) groups excluding carboxylic acids is 2. The lowest BCUT2D eigenvalue weighted by Gasteiger charge is -2.24. The van der Waals surface area contributed by atoms with E-state index >= 15 is 0 Å². The van der Waals surface area contributed by atoms with Crippen molar-refractivity contribution in [3.05, 3.63) is 109 Å². The second-order valence-corrected chi connectivity index (χ2v) is 26.3. The van der Waals surface area contributed by atoms with Gasteiger partial charge >= 0.3 is 19.8 Å². The number of phosphoric acid groups is 1. The summed E-state index contributed by atoms with van der Waals surface area (Å²) < 4.78 is 34.7. The minimum Gasteiger partial charge on any atom is -0.462 e. The van der Waals surface area contributed by atoms with Crippen LogP contribution >= 0.6 is 7.82 Å². The number of hydrogen-bond donors (Lipinski definition) is 1. The molecule has 2 atom stereocenters. The first-order valence-electron chi connectivity index (χ1n) is 35.6. The number of likely N-dealkylation sites (N-methyl/N-ethyl adjacent to an activating group) is 1. The molecule has 0 aliphatic carbocycles. The number of quaternary nitrogens is 1. The third-order valence-electron chi connectivity index (χ3n) is 15.3. The average Bonchev–Trinajstić information content (AvgIpc) is 3.67. The van der Waals surface area contributed by atoms with Crippen molar-refractivity contribution < 1.29 is 42.1 Å². The van der Waals surface area contributed by atoms with E-state index in [9.17, 15) is 19.0 Å². The second kappa shape index (κ2) is 66.1. The molecule has 0 bridgehead atoms. The summed E-state index contributed by atoms with van der Waals surface area (Å²) in [6, 6.07) is 0. The Morgan fingerprint density at radius 3 is 1.00 bits per heavy atom. The van der Waals surface area contributed by atoms with Gasteiger partial charge in [-0.3, -0.25) is 18.6 Å². The van der Waals surface area contributed by atoms with Gasteiger partial charge in [0.25, 0.3) is 0 Å². The predicted octanol–water partition coefficient (Wildman–Crippen LogP) is 23.3. The molecule has 0 aliphatic heterocycles. The van der Waals surface area contributed by atoms with E-state index in [-0.39, 0.29) is 32.0 Å². The van der Waals surface area contributed by atoms with Crippen molar-refractivity contribution in [1.82, 2.24) is 0 Å². The number of hydrogen-bond acceptors (Lipinski definition) is 7. The van der Waals surface area contributed by atoms with E-state index in [1.807, 2.05) is 21.1 Å². The highest BCUT2D eigenvalue weighted by molar-refractivity contribution is 7.47. The van der Waals surface area contributed by atoms with Crippen molar-refractivity contribution in [3.63, 3.8) is 0 Å². The van der Waals surface area contributed by atoms with E-state index in [4.69, 9.17) is 18.5 Å².